The molecule has 5 heteroatoms. The molecule has 162 valence electrons. The molecule has 2 aliphatic rings. The molecule has 0 spiro atoms. The summed E-state index contributed by atoms with van der Waals surface area (Å²) in [5.41, 5.74) is 10.1. The maximum atomic E-state index is 4.60. The molecule has 4 aromatic rings. The van der Waals surface area contributed by atoms with Gasteiger partial charge in [0.1, 0.15) is 11.0 Å². The van der Waals surface area contributed by atoms with E-state index in [1.807, 2.05) is 0 Å². The molecule has 3 nitrogen and oxygen atoms in total. The molecule has 0 saturated heterocycles. The lowest BCUT2D eigenvalue weighted by Crippen LogP contribution is -2.26. The lowest BCUT2D eigenvalue weighted by atomic mass is 9.87. The van der Waals surface area contributed by atoms with Crippen LogP contribution in [0.25, 0.3) is 22.2 Å². The van der Waals surface area contributed by atoms with Gasteiger partial charge in [0.25, 0.3) is 0 Å². The van der Waals surface area contributed by atoms with E-state index in [-0.39, 0.29) is 5.41 Å². The Balaban J connectivity index is 1.45. The fraction of sp³-hybridized carbons (Fsp3) is 0.333. The Morgan fingerprint density at radius 2 is 1.72 bits per heavy atom. The third kappa shape index (κ3) is 3.12. The number of hydrogen-bond donors (Lipinski definition) is 0. The Bertz CT molecular complexity index is 1320. The van der Waals surface area contributed by atoms with Crippen LogP contribution >= 0.6 is 27.7 Å². The lowest BCUT2D eigenvalue weighted by molar-refractivity contribution is 0.590. The Hall–Kier alpha value is -2.24. The summed E-state index contributed by atoms with van der Waals surface area (Å²) in [7, 11) is 0. The highest BCUT2D eigenvalue weighted by Gasteiger charge is 2.42. The molecule has 1 aliphatic heterocycles. The third-order valence-corrected chi connectivity index (χ3v) is 8.35. The van der Waals surface area contributed by atoms with Crippen LogP contribution in [0.15, 0.2) is 59.1 Å². The second-order valence-corrected chi connectivity index (χ2v) is 11.5. The van der Waals surface area contributed by atoms with Crippen LogP contribution < -0.4 is 4.90 Å². The third-order valence-electron chi connectivity index (χ3n) is 7.19. The number of fused-ring (bicyclic) bond motifs is 4. The molecule has 1 aliphatic carbocycles. The van der Waals surface area contributed by atoms with Crippen molar-refractivity contribution < 1.29 is 0 Å². The van der Waals surface area contributed by atoms with E-state index >= 15 is 0 Å². The first-order chi connectivity index (χ1) is 15.4. The maximum Gasteiger partial charge on any atom is 0.119 e. The van der Waals surface area contributed by atoms with E-state index in [1.165, 1.54) is 64.6 Å². The van der Waals surface area contributed by atoms with Gasteiger partial charge >= 0.3 is 0 Å². The van der Waals surface area contributed by atoms with Gasteiger partial charge in [-0.15, -0.1) is 0 Å². The van der Waals surface area contributed by atoms with E-state index in [1.54, 1.807) is 0 Å². The van der Waals surface area contributed by atoms with Crippen molar-refractivity contribution in [3.8, 4) is 11.1 Å². The highest BCUT2D eigenvalue weighted by molar-refractivity contribution is 9.10. The molecule has 0 bridgehead atoms. The van der Waals surface area contributed by atoms with Gasteiger partial charge in [0.15, 0.2) is 0 Å². The monoisotopic (exact) mass is 503 g/mol. The molecule has 2 atom stereocenters. The van der Waals surface area contributed by atoms with Crippen molar-refractivity contribution in [1.29, 1.82) is 0 Å². The summed E-state index contributed by atoms with van der Waals surface area (Å²) in [6, 6.07) is 21.1. The minimum atomic E-state index is 0.173. The summed E-state index contributed by atoms with van der Waals surface area (Å²) >= 11 is 4.90. The Labute approximate surface area is 201 Å². The highest BCUT2D eigenvalue weighted by atomic mass is 79.9. The SMILES string of the molecule is CC(C)(C)c1ccc(N2c3ccc(-c4ccc(Br)c5nsnc45)cc3C3CCCC32)cc1. The van der Waals surface area contributed by atoms with Gasteiger partial charge in [-0.1, -0.05) is 51.5 Å². The molecule has 1 saturated carbocycles. The molecule has 2 unspecified atom stereocenters. The quantitative estimate of drug-likeness (QED) is 0.276. The van der Waals surface area contributed by atoms with Crippen molar-refractivity contribution in [3.63, 3.8) is 0 Å². The number of benzene rings is 3. The Morgan fingerprint density at radius 1 is 0.938 bits per heavy atom. The average Bonchev–Trinajstić information content (AvgIpc) is 3.50. The fourth-order valence-electron chi connectivity index (χ4n) is 5.55. The largest absolute Gasteiger partial charge is 0.338 e. The molecule has 2 heterocycles. The predicted octanol–water partition coefficient (Wildman–Crippen LogP) is 8.21. The second-order valence-electron chi connectivity index (χ2n) is 10.1. The van der Waals surface area contributed by atoms with Crippen LogP contribution in [-0.4, -0.2) is 14.8 Å². The van der Waals surface area contributed by atoms with Gasteiger partial charge in [-0.25, -0.2) is 0 Å². The van der Waals surface area contributed by atoms with E-state index in [0.29, 0.717) is 12.0 Å². The molecule has 6 rings (SSSR count). The first-order valence-corrected chi connectivity index (χ1v) is 12.9. The van der Waals surface area contributed by atoms with Crippen LogP contribution in [0.3, 0.4) is 0 Å². The molecular weight excluding hydrogens is 478 g/mol. The van der Waals surface area contributed by atoms with Crippen molar-refractivity contribution in [1.82, 2.24) is 8.75 Å². The van der Waals surface area contributed by atoms with Crippen LogP contribution in [0.1, 0.15) is 57.1 Å². The Morgan fingerprint density at radius 3 is 2.50 bits per heavy atom. The van der Waals surface area contributed by atoms with Gasteiger partial charge in [0, 0.05) is 33.4 Å². The van der Waals surface area contributed by atoms with Crippen molar-refractivity contribution in [2.45, 2.75) is 57.4 Å². The number of halogens is 1. The van der Waals surface area contributed by atoms with E-state index in [0.717, 1.165) is 15.5 Å². The number of rotatable bonds is 2. The average molecular weight is 504 g/mol. The molecule has 1 aromatic heterocycles. The van der Waals surface area contributed by atoms with Gasteiger partial charge in [0.2, 0.25) is 0 Å². The van der Waals surface area contributed by atoms with Gasteiger partial charge in [-0.3, -0.25) is 0 Å². The maximum absolute atomic E-state index is 4.60. The van der Waals surface area contributed by atoms with Gasteiger partial charge in [-0.05, 0) is 81.2 Å². The Kier molecular flexibility index (Phi) is 4.71. The van der Waals surface area contributed by atoms with E-state index in [9.17, 15) is 0 Å². The first-order valence-electron chi connectivity index (χ1n) is 11.4. The van der Waals surface area contributed by atoms with E-state index in [4.69, 9.17) is 0 Å². The minimum absolute atomic E-state index is 0.173. The van der Waals surface area contributed by atoms with Crippen LogP contribution in [0.5, 0.6) is 0 Å². The van der Waals surface area contributed by atoms with Crippen LogP contribution in [0, 0.1) is 0 Å². The summed E-state index contributed by atoms with van der Waals surface area (Å²) in [5, 5.41) is 0. The predicted molar refractivity (Wildman–Crippen MR) is 138 cm³/mol. The van der Waals surface area contributed by atoms with Gasteiger partial charge < -0.3 is 4.90 Å². The zero-order valence-electron chi connectivity index (χ0n) is 18.6. The number of aromatic nitrogens is 2. The summed E-state index contributed by atoms with van der Waals surface area (Å²) < 4.78 is 10.1. The van der Waals surface area contributed by atoms with Gasteiger partial charge in [-0.2, -0.15) is 8.75 Å². The molecule has 0 N–H and O–H groups in total. The van der Waals surface area contributed by atoms with Gasteiger partial charge in [0.05, 0.1) is 11.7 Å². The minimum Gasteiger partial charge on any atom is -0.338 e. The van der Waals surface area contributed by atoms with E-state index < -0.39 is 0 Å². The summed E-state index contributed by atoms with van der Waals surface area (Å²) in [4.78, 5) is 2.60. The molecule has 0 amide bonds. The summed E-state index contributed by atoms with van der Waals surface area (Å²) in [6.07, 6.45) is 3.83. The zero-order valence-corrected chi connectivity index (χ0v) is 21.0. The smallest absolute Gasteiger partial charge is 0.119 e. The van der Waals surface area contributed by atoms with E-state index in [2.05, 4.69) is 105 Å². The fourth-order valence-corrected chi connectivity index (χ4v) is 6.65. The molecule has 1 fully saturated rings. The number of nitrogens with zero attached hydrogens (tertiary/aromatic N) is 3. The summed E-state index contributed by atoms with van der Waals surface area (Å²) in [5.74, 6) is 0.603. The topological polar surface area (TPSA) is 29.0 Å². The molecule has 32 heavy (non-hydrogen) atoms. The highest BCUT2D eigenvalue weighted by Crippen LogP contribution is 2.53. The normalized spacial score (nSPS) is 20.1. The summed E-state index contributed by atoms with van der Waals surface area (Å²) in [6.45, 7) is 6.83. The van der Waals surface area contributed by atoms with Crippen molar-refractivity contribution in [2.75, 3.05) is 4.90 Å². The molecule has 3 aromatic carbocycles. The van der Waals surface area contributed by atoms with Crippen LogP contribution in [0.2, 0.25) is 0 Å². The van der Waals surface area contributed by atoms with Crippen LogP contribution in [0.4, 0.5) is 11.4 Å². The van der Waals surface area contributed by atoms with Crippen LogP contribution in [-0.2, 0) is 5.41 Å². The first kappa shape index (κ1) is 20.4. The van der Waals surface area contributed by atoms with Crippen molar-refractivity contribution >= 4 is 50.1 Å². The van der Waals surface area contributed by atoms with Crippen molar-refractivity contribution in [3.05, 3.63) is 70.2 Å². The number of hydrogen-bond acceptors (Lipinski definition) is 4. The lowest BCUT2D eigenvalue weighted by Gasteiger charge is -2.28. The molecule has 0 radical (unpaired) electrons. The second kappa shape index (κ2) is 7.39. The zero-order chi connectivity index (χ0) is 22.0. The molecular formula is C27H26BrN3S. The number of anilines is 2. The van der Waals surface area contributed by atoms with Crippen molar-refractivity contribution in [2.24, 2.45) is 0 Å². The standard InChI is InChI=1S/C27H26BrN3S/c1-27(2,3)17-8-10-18(11-9-17)31-23-6-4-5-20(23)21-15-16(7-14-24(21)31)19-12-13-22(28)26-25(19)29-32-30-26/h7-15,20,23H,4-6H2,1-3H3.